The molecule has 0 heterocycles. The van der Waals surface area contributed by atoms with Gasteiger partial charge in [-0.2, -0.15) is 0 Å². The Balaban J connectivity index is 1.17. The van der Waals surface area contributed by atoms with Crippen LogP contribution in [0.5, 0.6) is 0 Å². The molecule has 0 saturated heterocycles. The van der Waals surface area contributed by atoms with E-state index < -0.39 is 0 Å². The molecule has 46 heavy (non-hydrogen) atoms. The first-order valence-electron chi connectivity index (χ1n) is 18.9. The molecule has 7 aliphatic rings. The first-order valence-corrected chi connectivity index (χ1v) is 18.9. The van der Waals surface area contributed by atoms with Crippen molar-refractivity contribution in [3.05, 3.63) is 128 Å². The van der Waals surface area contributed by atoms with Crippen LogP contribution in [-0.4, -0.2) is 6.21 Å². The van der Waals surface area contributed by atoms with Crippen LogP contribution in [-0.2, 0) is 0 Å². The summed E-state index contributed by atoms with van der Waals surface area (Å²) in [6.45, 7) is 2.33. The average Bonchev–Trinajstić information content (AvgIpc) is 3.14. The van der Waals surface area contributed by atoms with Gasteiger partial charge in [0.2, 0.25) is 0 Å². The van der Waals surface area contributed by atoms with E-state index in [1.54, 1.807) is 61.9 Å². The molecule has 1 N–H and O–H groups in total. The molecule has 0 aromatic rings. The van der Waals surface area contributed by atoms with E-state index in [0.717, 1.165) is 19.3 Å². The van der Waals surface area contributed by atoms with E-state index in [1.165, 1.54) is 102 Å². The van der Waals surface area contributed by atoms with E-state index >= 15 is 0 Å². The lowest BCUT2D eigenvalue weighted by Gasteiger charge is -2.35. The number of fused-ring (bicyclic) bond motifs is 1. The zero-order valence-electron chi connectivity index (χ0n) is 28.4. The number of nitrogens with one attached hydrogen (secondary N) is 1. The monoisotopic (exact) mass is 609 g/mol. The van der Waals surface area contributed by atoms with E-state index in [-0.39, 0.29) is 0 Å². The largest absolute Gasteiger partial charge is 0.313 e. The van der Waals surface area contributed by atoms with E-state index in [4.69, 9.17) is 5.41 Å². The Kier molecular flexibility index (Phi) is 10.0. The molecular formula is C45H55N. The minimum absolute atomic E-state index is 0.541. The lowest BCUT2D eigenvalue weighted by molar-refractivity contribution is 0.587. The molecule has 0 spiro atoms. The molecule has 0 amide bonds. The Morgan fingerprint density at radius 2 is 1.65 bits per heavy atom. The van der Waals surface area contributed by atoms with Crippen molar-refractivity contribution in [1.82, 2.24) is 0 Å². The maximum Gasteiger partial charge on any atom is 0.00294 e. The molecule has 3 atom stereocenters. The Hall–Kier alpha value is -3.19. The smallest absolute Gasteiger partial charge is 0.00294 e. The maximum absolute atomic E-state index is 7.43. The Morgan fingerprint density at radius 1 is 0.739 bits per heavy atom. The second-order valence-corrected chi connectivity index (χ2v) is 14.9. The van der Waals surface area contributed by atoms with Gasteiger partial charge >= 0.3 is 0 Å². The molecule has 1 nitrogen and oxygen atoms in total. The van der Waals surface area contributed by atoms with Crippen molar-refractivity contribution in [3.8, 4) is 0 Å². The van der Waals surface area contributed by atoms with Gasteiger partial charge in [0.25, 0.3) is 0 Å². The standard InChI is InChI=1S/C45H55N/c1-32(12-11-27-46)37-17-10-18-38(28-37)35-21-23-36(24-22-35)42-25-26-43(45-20-9-8-19-44(42)45)41-30-39(33-13-4-2-5-14-33)29-40(31-41)34-15-6-3-7-16-34/h4,8,13,15,17,19,21,23,27-30,32-33,41,46H,2-3,5-7,9-12,14,16,18,20,22,24-26,31H2,1H3. The van der Waals surface area contributed by atoms with Crippen LogP contribution in [0.2, 0.25) is 0 Å². The zero-order chi connectivity index (χ0) is 31.3. The first kappa shape index (κ1) is 31.4. The van der Waals surface area contributed by atoms with Crippen molar-refractivity contribution in [1.29, 1.82) is 5.41 Å². The zero-order valence-corrected chi connectivity index (χ0v) is 28.4. The maximum atomic E-state index is 7.43. The third kappa shape index (κ3) is 6.90. The third-order valence-electron chi connectivity index (χ3n) is 11.9. The number of allylic oxidation sites excluding steroid dienone is 22. The lowest BCUT2D eigenvalue weighted by Crippen LogP contribution is -2.19. The van der Waals surface area contributed by atoms with Crippen LogP contribution < -0.4 is 0 Å². The summed E-state index contributed by atoms with van der Waals surface area (Å²) < 4.78 is 0. The lowest BCUT2D eigenvalue weighted by atomic mass is 9.69. The molecule has 240 valence electrons. The van der Waals surface area contributed by atoms with Gasteiger partial charge in [-0.05, 0) is 183 Å². The molecule has 0 bridgehead atoms. The van der Waals surface area contributed by atoms with Gasteiger partial charge in [0.05, 0.1) is 0 Å². The number of rotatable bonds is 9. The van der Waals surface area contributed by atoms with Gasteiger partial charge in [-0.3, -0.25) is 0 Å². The van der Waals surface area contributed by atoms with Gasteiger partial charge in [-0.25, -0.2) is 0 Å². The van der Waals surface area contributed by atoms with Crippen LogP contribution in [0.1, 0.15) is 122 Å². The molecule has 0 fully saturated rings. The van der Waals surface area contributed by atoms with Crippen molar-refractivity contribution in [2.45, 2.75) is 122 Å². The van der Waals surface area contributed by atoms with Gasteiger partial charge in [-0.1, -0.05) is 79.3 Å². The predicted octanol–water partition coefficient (Wildman–Crippen LogP) is 12.8. The van der Waals surface area contributed by atoms with Crippen molar-refractivity contribution >= 4 is 6.21 Å². The van der Waals surface area contributed by atoms with Crippen molar-refractivity contribution < 1.29 is 0 Å². The summed E-state index contributed by atoms with van der Waals surface area (Å²) >= 11 is 0. The summed E-state index contributed by atoms with van der Waals surface area (Å²) in [5.74, 6) is 1.70. The Morgan fingerprint density at radius 3 is 2.46 bits per heavy atom. The highest BCUT2D eigenvalue weighted by Crippen LogP contribution is 2.48. The highest BCUT2D eigenvalue weighted by molar-refractivity contribution is 5.60. The summed E-state index contributed by atoms with van der Waals surface area (Å²) in [7, 11) is 0. The molecule has 1 heteroatoms. The van der Waals surface area contributed by atoms with Gasteiger partial charge in [0.15, 0.2) is 0 Å². The summed E-state index contributed by atoms with van der Waals surface area (Å²) in [5, 5.41) is 7.43. The Labute approximate surface area is 279 Å². The molecule has 0 radical (unpaired) electrons. The fourth-order valence-corrected chi connectivity index (χ4v) is 9.28. The van der Waals surface area contributed by atoms with Crippen molar-refractivity contribution in [3.63, 3.8) is 0 Å². The highest BCUT2D eigenvalue weighted by Gasteiger charge is 2.31. The third-order valence-corrected chi connectivity index (χ3v) is 11.9. The molecule has 0 saturated carbocycles. The quantitative estimate of drug-likeness (QED) is 0.199. The van der Waals surface area contributed by atoms with Crippen LogP contribution in [0.3, 0.4) is 0 Å². The molecule has 0 aromatic heterocycles. The molecular weight excluding hydrogens is 555 g/mol. The fourth-order valence-electron chi connectivity index (χ4n) is 9.28. The van der Waals surface area contributed by atoms with Crippen molar-refractivity contribution in [2.24, 2.45) is 17.8 Å². The van der Waals surface area contributed by atoms with E-state index in [2.05, 4.69) is 73.8 Å². The van der Waals surface area contributed by atoms with Crippen LogP contribution >= 0.6 is 0 Å². The van der Waals surface area contributed by atoms with Gasteiger partial charge in [0.1, 0.15) is 0 Å². The molecule has 7 rings (SSSR count). The minimum Gasteiger partial charge on any atom is -0.313 e. The van der Waals surface area contributed by atoms with Crippen LogP contribution in [0.25, 0.3) is 0 Å². The van der Waals surface area contributed by atoms with Gasteiger partial charge in [0, 0.05) is 11.8 Å². The topological polar surface area (TPSA) is 23.9 Å². The minimum atomic E-state index is 0.541. The van der Waals surface area contributed by atoms with E-state index in [1.807, 2.05) is 0 Å². The SMILES string of the molecule is CC(CCC=N)C1=CCCC(C2=CC=C(C3=C4C=CCCC4=C(C4C=C(C5C=CCCC5)C=C(C5=CCCCC5)C4)CC3)CC2)=C1. The summed E-state index contributed by atoms with van der Waals surface area (Å²) in [6, 6.07) is 0. The Bertz CT molecular complexity index is 1560. The van der Waals surface area contributed by atoms with E-state index in [0.29, 0.717) is 17.8 Å². The normalized spacial score (nSPS) is 27.5. The van der Waals surface area contributed by atoms with Crippen molar-refractivity contribution in [2.75, 3.05) is 0 Å². The predicted molar refractivity (Wildman–Crippen MR) is 197 cm³/mol. The highest BCUT2D eigenvalue weighted by atomic mass is 14.4. The molecule has 7 aliphatic carbocycles. The summed E-state index contributed by atoms with van der Waals surface area (Å²) in [6.07, 6.45) is 51.1. The van der Waals surface area contributed by atoms with E-state index in [9.17, 15) is 0 Å². The average molecular weight is 610 g/mol. The van der Waals surface area contributed by atoms with Gasteiger partial charge in [-0.15, -0.1) is 0 Å². The number of hydrogen-bond donors (Lipinski definition) is 1. The first-order chi connectivity index (χ1) is 22.7. The van der Waals surface area contributed by atoms with Crippen LogP contribution in [0, 0.1) is 23.2 Å². The second-order valence-electron chi connectivity index (χ2n) is 14.9. The fraction of sp³-hybridized carbons (Fsp3) is 0.489. The van der Waals surface area contributed by atoms with Crippen LogP contribution in [0.4, 0.5) is 0 Å². The van der Waals surface area contributed by atoms with Crippen LogP contribution in [0.15, 0.2) is 128 Å². The summed E-state index contributed by atoms with van der Waals surface area (Å²) in [5.41, 5.74) is 17.8. The molecule has 0 aliphatic heterocycles. The second kappa shape index (κ2) is 14.7. The number of hydrogen-bond acceptors (Lipinski definition) is 1. The molecule has 0 aromatic carbocycles. The molecule has 3 unspecified atom stereocenters. The summed E-state index contributed by atoms with van der Waals surface area (Å²) in [4.78, 5) is 0. The van der Waals surface area contributed by atoms with Gasteiger partial charge < -0.3 is 5.41 Å².